The van der Waals surface area contributed by atoms with Crippen molar-refractivity contribution in [2.45, 2.75) is 6.54 Å². The second-order valence-electron chi connectivity index (χ2n) is 3.64. The van der Waals surface area contributed by atoms with Crippen molar-refractivity contribution >= 4 is 22.4 Å². The monoisotopic (exact) mass is 245 g/mol. The van der Waals surface area contributed by atoms with E-state index in [9.17, 15) is 0 Å². The van der Waals surface area contributed by atoms with E-state index in [-0.39, 0.29) is 0 Å². The highest BCUT2D eigenvalue weighted by Crippen LogP contribution is 2.24. The molecule has 4 N–H and O–H groups in total. The summed E-state index contributed by atoms with van der Waals surface area (Å²) in [5.41, 5.74) is 6.65. The summed E-state index contributed by atoms with van der Waals surface area (Å²) in [5.74, 6) is 5.27. The minimum Gasteiger partial charge on any atom is -0.345 e. The number of thiazole rings is 1. The molecule has 0 amide bonds. The Bertz CT molecular complexity index is 642. The maximum Gasteiger partial charge on any atom is 0.108 e. The van der Waals surface area contributed by atoms with Gasteiger partial charge in [0.2, 0.25) is 0 Å². The Morgan fingerprint density at radius 2 is 2.35 bits per heavy atom. The molecular formula is C11H11N5S. The number of aromatic nitrogens is 3. The summed E-state index contributed by atoms with van der Waals surface area (Å²) in [7, 11) is 0. The van der Waals surface area contributed by atoms with E-state index in [1.165, 1.54) is 0 Å². The van der Waals surface area contributed by atoms with Crippen LogP contribution in [0.2, 0.25) is 0 Å². The zero-order valence-corrected chi connectivity index (χ0v) is 9.79. The molecule has 3 aromatic rings. The van der Waals surface area contributed by atoms with Crippen molar-refractivity contribution in [2.75, 3.05) is 0 Å². The molecule has 17 heavy (non-hydrogen) atoms. The van der Waals surface area contributed by atoms with Gasteiger partial charge >= 0.3 is 0 Å². The predicted octanol–water partition coefficient (Wildman–Crippen LogP) is 1.65. The highest BCUT2D eigenvalue weighted by molar-refractivity contribution is 7.09. The molecular weight excluding hydrogens is 234 g/mol. The first-order valence-corrected chi connectivity index (χ1v) is 6.06. The Balaban J connectivity index is 2.00. The number of aromatic amines is 1. The second kappa shape index (κ2) is 4.25. The zero-order valence-electron chi connectivity index (χ0n) is 8.97. The summed E-state index contributed by atoms with van der Waals surface area (Å²) in [4.78, 5) is 11.8. The average molecular weight is 245 g/mol. The Morgan fingerprint density at radius 3 is 3.24 bits per heavy atom. The molecule has 0 bridgehead atoms. The van der Waals surface area contributed by atoms with Crippen LogP contribution in [0.5, 0.6) is 0 Å². The highest BCUT2D eigenvalue weighted by atomic mass is 32.1. The number of H-pyrrole nitrogens is 1. The van der Waals surface area contributed by atoms with Crippen molar-refractivity contribution < 1.29 is 0 Å². The van der Waals surface area contributed by atoms with Crippen molar-refractivity contribution in [3.8, 4) is 11.3 Å². The third-order valence-corrected chi connectivity index (χ3v) is 3.37. The molecule has 86 valence electrons. The van der Waals surface area contributed by atoms with Crippen LogP contribution in [-0.2, 0) is 6.54 Å². The maximum absolute atomic E-state index is 5.27. The summed E-state index contributed by atoms with van der Waals surface area (Å²) in [6, 6.07) is 6.07. The number of nitrogens with zero attached hydrogens (tertiary/aromatic N) is 2. The van der Waals surface area contributed by atoms with Crippen molar-refractivity contribution in [3.63, 3.8) is 0 Å². The van der Waals surface area contributed by atoms with Gasteiger partial charge in [-0.1, -0.05) is 6.07 Å². The molecule has 2 heterocycles. The average Bonchev–Trinajstić information content (AvgIpc) is 2.96. The molecule has 0 fully saturated rings. The fraction of sp³-hybridized carbons (Fsp3) is 0.0909. The van der Waals surface area contributed by atoms with Gasteiger partial charge in [0.05, 0.1) is 29.6 Å². The third-order valence-electron chi connectivity index (χ3n) is 2.52. The van der Waals surface area contributed by atoms with E-state index in [4.69, 9.17) is 5.84 Å². The summed E-state index contributed by atoms with van der Waals surface area (Å²) in [6.45, 7) is 0.594. The lowest BCUT2D eigenvalue weighted by molar-refractivity contribution is 0.737. The molecule has 0 aliphatic carbocycles. The fourth-order valence-electron chi connectivity index (χ4n) is 1.71. The van der Waals surface area contributed by atoms with Gasteiger partial charge in [0.15, 0.2) is 0 Å². The molecule has 0 spiro atoms. The number of benzene rings is 1. The number of rotatable bonds is 3. The largest absolute Gasteiger partial charge is 0.345 e. The number of fused-ring (bicyclic) bond motifs is 1. The lowest BCUT2D eigenvalue weighted by Crippen LogP contribution is -2.20. The van der Waals surface area contributed by atoms with Crippen LogP contribution >= 0.6 is 11.3 Å². The van der Waals surface area contributed by atoms with E-state index >= 15 is 0 Å². The molecule has 0 unspecified atom stereocenters. The number of hydrazine groups is 1. The molecule has 0 saturated heterocycles. The lowest BCUT2D eigenvalue weighted by Gasteiger charge is -1.96. The van der Waals surface area contributed by atoms with Gasteiger partial charge < -0.3 is 4.98 Å². The van der Waals surface area contributed by atoms with E-state index in [1.54, 1.807) is 17.7 Å². The van der Waals surface area contributed by atoms with Gasteiger partial charge in [0.1, 0.15) is 5.01 Å². The first-order chi connectivity index (χ1) is 8.36. The van der Waals surface area contributed by atoms with E-state index in [0.717, 1.165) is 27.3 Å². The quantitative estimate of drug-likeness (QED) is 0.484. The van der Waals surface area contributed by atoms with Crippen LogP contribution in [0.3, 0.4) is 0 Å². The number of nitrogens with two attached hydrogens (primary N) is 1. The first-order valence-electron chi connectivity index (χ1n) is 5.18. The van der Waals surface area contributed by atoms with E-state index < -0.39 is 0 Å². The van der Waals surface area contributed by atoms with E-state index in [0.29, 0.717) is 6.54 Å². The summed E-state index contributed by atoms with van der Waals surface area (Å²) in [5, 5.41) is 3.01. The van der Waals surface area contributed by atoms with Crippen LogP contribution in [0.4, 0.5) is 0 Å². The molecule has 1 aromatic carbocycles. The van der Waals surface area contributed by atoms with Crippen molar-refractivity contribution in [1.82, 2.24) is 20.4 Å². The summed E-state index contributed by atoms with van der Waals surface area (Å²) in [6.07, 6.45) is 1.69. The van der Waals surface area contributed by atoms with Gasteiger partial charge in [0, 0.05) is 10.9 Å². The molecule has 2 aromatic heterocycles. The van der Waals surface area contributed by atoms with Crippen molar-refractivity contribution in [1.29, 1.82) is 0 Å². The Labute approximate surface area is 102 Å². The number of hydrogen-bond donors (Lipinski definition) is 3. The van der Waals surface area contributed by atoms with E-state index in [1.807, 2.05) is 17.5 Å². The zero-order chi connectivity index (χ0) is 11.7. The van der Waals surface area contributed by atoms with E-state index in [2.05, 4.69) is 26.4 Å². The van der Waals surface area contributed by atoms with Crippen LogP contribution in [0, 0.1) is 0 Å². The molecule has 0 aliphatic heterocycles. The number of imidazole rings is 1. The number of hydrogen-bond acceptors (Lipinski definition) is 5. The third kappa shape index (κ3) is 1.93. The normalized spacial score (nSPS) is 11.1. The van der Waals surface area contributed by atoms with Crippen LogP contribution < -0.4 is 11.3 Å². The van der Waals surface area contributed by atoms with Crippen LogP contribution in [0.15, 0.2) is 29.9 Å². The predicted molar refractivity (Wildman–Crippen MR) is 68.2 cm³/mol. The van der Waals surface area contributed by atoms with Gasteiger partial charge in [-0.15, -0.1) is 11.3 Å². The van der Waals surface area contributed by atoms with Gasteiger partial charge in [-0.2, -0.15) is 0 Å². The number of nitrogens with one attached hydrogen (secondary N) is 2. The molecule has 0 atom stereocenters. The Hall–Kier alpha value is -1.76. The molecule has 6 heteroatoms. The SMILES string of the molecule is NNCc1nc(-c2ccc3nc[nH]c3c2)cs1. The molecule has 0 radical (unpaired) electrons. The smallest absolute Gasteiger partial charge is 0.108 e. The topological polar surface area (TPSA) is 79.6 Å². The van der Waals surface area contributed by atoms with Gasteiger partial charge in [-0.25, -0.2) is 9.97 Å². The van der Waals surface area contributed by atoms with Gasteiger partial charge in [-0.3, -0.25) is 11.3 Å². The molecule has 5 nitrogen and oxygen atoms in total. The van der Waals surface area contributed by atoms with Crippen LogP contribution in [0.1, 0.15) is 5.01 Å². The summed E-state index contributed by atoms with van der Waals surface area (Å²) < 4.78 is 0. The Morgan fingerprint density at radius 1 is 1.41 bits per heavy atom. The minimum atomic E-state index is 0.594. The fourth-order valence-corrected chi connectivity index (χ4v) is 2.46. The highest BCUT2D eigenvalue weighted by Gasteiger charge is 2.05. The molecule has 3 rings (SSSR count). The lowest BCUT2D eigenvalue weighted by atomic mass is 10.1. The standard InChI is InChI=1S/C11H11N5S/c12-15-4-11-16-10(5-17-11)7-1-2-8-9(3-7)14-6-13-8/h1-3,5-6,15H,4,12H2,(H,13,14). The van der Waals surface area contributed by atoms with Crippen LogP contribution in [-0.4, -0.2) is 15.0 Å². The Kier molecular flexibility index (Phi) is 2.60. The molecule has 0 saturated carbocycles. The first kappa shape index (κ1) is 10.4. The van der Waals surface area contributed by atoms with Crippen LogP contribution in [0.25, 0.3) is 22.3 Å². The minimum absolute atomic E-state index is 0.594. The van der Waals surface area contributed by atoms with Crippen molar-refractivity contribution in [3.05, 3.63) is 34.9 Å². The summed E-state index contributed by atoms with van der Waals surface area (Å²) >= 11 is 1.60. The second-order valence-corrected chi connectivity index (χ2v) is 4.58. The molecule has 0 aliphatic rings. The maximum atomic E-state index is 5.27. The van der Waals surface area contributed by atoms with Gasteiger partial charge in [-0.05, 0) is 12.1 Å². The van der Waals surface area contributed by atoms with Crippen molar-refractivity contribution in [2.24, 2.45) is 5.84 Å². The van der Waals surface area contributed by atoms with Gasteiger partial charge in [0.25, 0.3) is 0 Å².